The highest BCUT2D eigenvalue weighted by molar-refractivity contribution is 5.80. The SMILES string of the molecule is O=C(O)[C@@H]1C[C@H](CO)CN1C(=O)O. The Hall–Kier alpha value is -1.30. The Balaban J connectivity index is 2.71. The molecule has 1 aliphatic rings. The van der Waals surface area contributed by atoms with Crippen LogP contribution in [0.25, 0.3) is 0 Å². The molecule has 6 heteroatoms. The predicted molar refractivity (Wildman–Crippen MR) is 41.3 cm³/mol. The van der Waals surface area contributed by atoms with Crippen LogP contribution in [0.3, 0.4) is 0 Å². The van der Waals surface area contributed by atoms with Crippen molar-refractivity contribution in [3.05, 3.63) is 0 Å². The third-order valence-electron chi connectivity index (χ3n) is 2.18. The molecule has 6 nitrogen and oxygen atoms in total. The van der Waals surface area contributed by atoms with Crippen molar-refractivity contribution in [3.63, 3.8) is 0 Å². The molecule has 0 aromatic carbocycles. The Kier molecular flexibility index (Phi) is 2.72. The number of rotatable bonds is 2. The van der Waals surface area contributed by atoms with Crippen LogP contribution in [-0.2, 0) is 4.79 Å². The van der Waals surface area contributed by atoms with Gasteiger partial charge in [-0.25, -0.2) is 9.59 Å². The predicted octanol–water partition coefficient (Wildman–Crippen LogP) is -0.568. The van der Waals surface area contributed by atoms with Crippen LogP contribution in [0.15, 0.2) is 0 Å². The van der Waals surface area contributed by atoms with Crippen molar-refractivity contribution in [1.82, 2.24) is 4.90 Å². The quantitative estimate of drug-likeness (QED) is 0.540. The number of carboxylic acids is 1. The second-order valence-corrected chi connectivity index (χ2v) is 3.07. The van der Waals surface area contributed by atoms with Gasteiger partial charge in [0.25, 0.3) is 0 Å². The molecular weight excluding hydrogens is 178 g/mol. The Labute approximate surface area is 74.4 Å². The third kappa shape index (κ3) is 1.89. The second-order valence-electron chi connectivity index (χ2n) is 3.07. The number of aliphatic hydroxyl groups excluding tert-OH is 1. The Morgan fingerprint density at radius 3 is 2.31 bits per heavy atom. The zero-order valence-electron chi connectivity index (χ0n) is 6.88. The lowest BCUT2D eigenvalue weighted by Crippen LogP contribution is -2.39. The normalized spacial score (nSPS) is 27.6. The summed E-state index contributed by atoms with van der Waals surface area (Å²) >= 11 is 0. The van der Waals surface area contributed by atoms with Crippen LogP contribution in [0.5, 0.6) is 0 Å². The number of hydrogen-bond acceptors (Lipinski definition) is 3. The first kappa shape index (κ1) is 9.79. The van der Waals surface area contributed by atoms with E-state index < -0.39 is 18.1 Å². The van der Waals surface area contributed by atoms with Crippen molar-refractivity contribution in [2.75, 3.05) is 13.2 Å². The minimum Gasteiger partial charge on any atom is -0.480 e. The minimum atomic E-state index is -1.25. The number of aliphatic carboxylic acids is 1. The van der Waals surface area contributed by atoms with Gasteiger partial charge < -0.3 is 15.3 Å². The van der Waals surface area contributed by atoms with Gasteiger partial charge in [0, 0.05) is 19.1 Å². The maximum absolute atomic E-state index is 10.6. The van der Waals surface area contributed by atoms with Crippen LogP contribution in [-0.4, -0.2) is 51.5 Å². The molecule has 1 rings (SSSR count). The molecule has 0 bridgehead atoms. The molecule has 0 saturated carbocycles. The number of carbonyl (C=O) groups is 2. The molecule has 1 amide bonds. The number of nitrogens with zero attached hydrogens (tertiary/aromatic N) is 1. The van der Waals surface area contributed by atoms with Crippen LogP contribution in [0.4, 0.5) is 4.79 Å². The van der Waals surface area contributed by atoms with Crippen molar-refractivity contribution < 1.29 is 24.9 Å². The molecule has 0 aromatic heterocycles. The molecule has 0 unspecified atom stereocenters. The molecule has 0 aliphatic carbocycles. The summed E-state index contributed by atoms with van der Waals surface area (Å²) in [6, 6.07) is -1.00. The topological polar surface area (TPSA) is 98.1 Å². The molecule has 1 heterocycles. The molecule has 2 atom stereocenters. The van der Waals surface area contributed by atoms with Crippen molar-refractivity contribution in [3.8, 4) is 0 Å². The van der Waals surface area contributed by atoms with Crippen LogP contribution >= 0.6 is 0 Å². The maximum Gasteiger partial charge on any atom is 0.408 e. The van der Waals surface area contributed by atoms with E-state index in [9.17, 15) is 9.59 Å². The standard InChI is InChI=1S/C7H11NO5/c9-3-4-1-5(6(10)11)8(2-4)7(12)13/h4-5,9H,1-3H2,(H,10,11)(H,12,13)/t4-,5-/m0/s1. The zero-order valence-corrected chi connectivity index (χ0v) is 6.88. The van der Waals surface area contributed by atoms with Crippen LogP contribution in [0.2, 0.25) is 0 Å². The van der Waals surface area contributed by atoms with Gasteiger partial charge >= 0.3 is 12.1 Å². The van der Waals surface area contributed by atoms with E-state index in [0.29, 0.717) is 0 Å². The van der Waals surface area contributed by atoms with Crippen molar-refractivity contribution in [2.24, 2.45) is 5.92 Å². The second kappa shape index (κ2) is 3.61. The van der Waals surface area contributed by atoms with E-state index >= 15 is 0 Å². The Morgan fingerprint density at radius 2 is 2.00 bits per heavy atom. The van der Waals surface area contributed by atoms with E-state index in [2.05, 4.69) is 0 Å². The van der Waals surface area contributed by atoms with E-state index in [0.717, 1.165) is 4.90 Å². The summed E-state index contributed by atoms with van der Waals surface area (Å²) in [6.07, 6.45) is -1.05. The molecule has 0 aromatic rings. The minimum absolute atomic E-state index is 0.100. The molecule has 74 valence electrons. The summed E-state index contributed by atoms with van der Waals surface area (Å²) in [5, 5.41) is 26.0. The monoisotopic (exact) mass is 189 g/mol. The summed E-state index contributed by atoms with van der Waals surface area (Å²) in [4.78, 5) is 22.0. The van der Waals surface area contributed by atoms with Gasteiger partial charge in [0.1, 0.15) is 6.04 Å². The average Bonchev–Trinajstić information content (AvgIpc) is 2.47. The van der Waals surface area contributed by atoms with Gasteiger partial charge in [-0.2, -0.15) is 0 Å². The van der Waals surface area contributed by atoms with Crippen LogP contribution < -0.4 is 0 Å². The van der Waals surface area contributed by atoms with Crippen LogP contribution in [0.1, 0.15) is 6.42 Å². The number of aliphatic hydroxyl groups is 1. The van der Waals surface area contributed by atoms with E-state index in [1.807, 2.05) is 0 Å². The van der Waals surface area contributed by atoms with Crippen LogP contribution in [0, 0.1) is 5.92 Å². The number of likely N-dealkylation sites (tertiary alicyclic amines) is 1. The van der Waals surface area contributed by atoms with E-state index in [1.165, 1.54) is 0 Å². The van der Waals surface area contributed by atoms with Gasteiger partial charge in [-0.05, 0) is 6.42 Å². The van der Waals surface area contributed by atoms with Crippen molar-refractivity contribution in [2.45, 2.75) is 12.5 Å². The lowest BCUT2D eigenvalue weighted by atomic mass is 10.1. The van der Waals surface area contributed by atoms with Gasteiger partial charge in [-0.1, -0.05) is 0 Å². The first-order valence-electron chi connectivity index (χ1n) is 3.89. The first-order chi connectivity index (χ1) is 6.06. The van der Waals surface area contributed by atoms with Gasteiger partial charge in [-0.3, -0.25) is 4.90 Å². The third-order valence-corrected chi connectivity index (χ3v) is 2.18. The lowest BCUT2D eigenvalue weighted by molar-refractivity contribution is -0.141. The number of carboxylic acid groups (broad SMARTS) is 2. The molecule has 3 N–H and O–H groups in total. The zero-order chi connectivity index (χ0) is 10.0. The number of amides is 1. The fraction of sp³-hybridized carbons (Fsp3) is 0.714. The van der Waals surface area contributed by atoms with E-state index in [-0.39, 0.29) is 25.5 Å². The molecule has 1 aliphatic heterocycles. The molecule has 0 radical (unpaired) electrons. The molecule has 1 saturated heterocycles. The summed E-state index contributed by atoms with van der Waals surface area (Å²) in [5.41, 5.74) is 0. The number of hydrogen-bond donors (Lipinski definition) is 3. The maximum atomic E-state index is 10.6. The molecule has 1 fully saturated rings. The van der Waals surface area contributed by atoms with Gasteiger partial charge in [-0.15, -0.1) is 0 Å². The highest BCUT2D eigenvalue weighted by atomic mass is 16.4. The van der Waals surface area contributed by atoms with Crippen molar-refractivity contribution >= 4 is 12.1 Å². The first-order valence-corrected chi connectivity index (χ1v) is 3.89. The average molecular weight is 189 g/mol. The summed E-state index contributed by atoms with van der Waals surface area (Å²) < 4.78 is 0. The van der Waals surface area contributed by atoms with E-state index in [1.54, 1.807) is 0 Å². The Morgan fingerprint density at radius 1 is 1.38 bits per heavy atom. The van der Waals surface area contributed by atoms with Gasteiger partial charge in [0.2, 0.25) is 0 Å². The Bertz CT molecular complexity index is 207. The van der Waals surface area contributed by atoms with E-state index in [4.69, 9.17) is 15.3 Å². The molecular formula is C7H11NO5. The van der Waals surface area contributed by atoms with Gasteiger partial charge in [0.05, 0.1) is 0 Å². The summed E-state index contributed by atoms with van der Waals surface area (Å²) in [7, 11) is 0. The lowest BCUT2D eigenvalue weighted by Gasteiger charge is -2.16. The highest BCUT2D eigenvalue weighted by Gasteiger charge is 2.39. The largest absolute Gasteiger partial charge is 0.480 e. The summed E-state index contributed by atoms with van der Waals surface area (Å²) in [5.74, 6) is -1.41. The summed E-state index contributed by atoms with van der Waals surface area (Å²) in [6.45, 7) is -0.0731. The van der Waals surface area contributed by atoms with Gasteiger partial charge in [0.15, 0.2) is 0 Å². The fourth-order valence-corrected chi connectivity index (χ4v) is 1.50. The smallest absolute Gasteiger partial charge is 0.408 e. The highest BCUT2D eigenvalue weighted by Crippen LogP contribution is 2.22. The molecule has 0 spiro atoms. The fourth-order valence-electron chi connectivity index (χ4n) is 1.50. The molecule has 13 heavy (non-hydrogen) atoms. The van der Waals surface area contributed by atoms with Crippen molar-refractivity contribution in [1.29, 1.82) is 0 Å².